The number of carbonyl (C=O) groups is 2. The Labute approximate surface area is 165 Å². The smallest absolute Gasteiger partial charge is 0.462 e. The minimum absolute atomic E-state index is 0. The predicted octanol–water partition coefficient (Wildman–Crippen LogP) is -1.71. The zero-order valence-corrected chi connectivity index (χ0v) is 15.9. The van der Waals surface area contributed by atoms with Gasteiger partial charge in [-0.15, -0.1) is 0 Å². The summed E-state index contributed by atoms with van der Waals surface area (Å²) in [6.07, 6.45) is 0. The Hall–Kier alpha value is -0.294. The molecule has 0 fully saturated rings. The standard InChI is InChI=1S/C12H14O7S.K/c1-3-18-11(13)8-5-9(12(14)19-4-2)7-10(6-8)20(15,16)17;/h5-7H,3-4H2,1-2H3,(H,15,16,17);/q;+1. The first-order valence-corrected chi connectivity index (χ1v) is 7.20. The summed E-state index contributed by atoms with van der Waals surface area (Å²) in [5, 5.41) is 0. The van der Waals surface area contributed by atoms with E-state index in [4.69, 9.17) is 14.0 Å². The van der Waals surface area contributed by atoms with Crippen molar-refractivity contribution < 1.29 is 83.4 Å². The molecule has 9 heteroatoms. The van der Waals surface area contributed by atoms with Gasteiger partial charge >= 0.3 is 63.3 Å². The van der Waals surface area contributed by atoms with E-state index in [-0.39, 0.29) is 75.7 Å². The molecule has 0 saturated carbocycles. The van der Waals surface area contributed by atoms with Gasteiger partial charge in [0.15, 0.2) is 0 Å². The van der Waals surface area contributed by atoms with Crippen molar-refractivity contribution in [3.63, 3.8) is 0 Å². The monoisotopic (exact) mass is 341 g/mol. The molecular weight excluding hydrogens is 327 g/mol. The summed E-state index contributed by atoms with van der Waals surface area (Å²) in [5.41, 5.74) is -0.324. The maximum Gasteiger partial charge on any atom is 1.00 e. The number of esters is 2. The van der Waals surface area contributed by atoms with Crippen molar-refractivity contribution in [3.05, 3.63) is 29.3 Å². The van der Waals surface area contributed by atoms with E-state index in [1.54, 1.807) is 13.8 Å². The van der Waals surface area contributed by atoms with Gasteiger partial charge < -0.3 is 9.47 Å². The van der Waals surface area contributed by atoms with Crippen LogP contribution in [0.1, 0.15) is 34.6 Å². The topological polar surface area (TPSA) is 107 Å². The van der Waals surface area contributed by atoms with Gasteiger partial charge in [0.05, 0.1) is 29.2 Å². The molecule has 0 aliphatic rings. The van der Waals surface area contributed by atoms with Crippen LogP contribution in [-0.2, 0) is 19.6 Å². The van der Waals surface area contributed by atoms with Crippen molar-refractivity contribution in [3.8, 4) is 0 Å². The number of hydrogen-bond donors (Lipinski definition) is 1. The van der Waals surface area contributed by atoms with Gasteiger partial charge in [0.1, 0.15) is 0 Å². The first-order chi connectivity index (χ1) is 9.29. The second-order valence-corrected chi connectivity index (χ2v) is 5.08. The van der Waals surface area contributed by atoms with E-state index in [9.17, 15) is 18.0 Å². The molecule has 0 spiro atoms. The average Bonchev–Trinajstić information content (AvgIpc) is 2.37. The van der Waals surface area contributed by atoms with Gasteiger partial charge in [-0.3, -0.25) is 4.55 Å². The van der Waals surface area contributed by atoms with Crippen molar-refractivity contribution in [2.24, 2.45) is 0 Å². The Morgan fingerprint density at radius 3 is 1.67 bits per heavy atom. The Bertz CT molecular complexity index is 588. The second kappa shape index (κ2) is 8.98. The largest absolute Gasteiger partial charge is 1.00 e. The maximum absolute atomic E-state index is 11.6. The molecule has 0 aromatic heterocycles. The van der Waals surface area contributed by atoms with Gasteiger partial charge in [0.25, 0.3) is 10.1 Å². The number of rotatable bonds is 5. The van der Waals surface area contributed by atoms with Crippen LogP contribution in [0.2, 0.25) is 0 Å². The Balaban J connectivity index is 0.00000400. The molecule has 0 heterocycles. The normalized spacial score (nSPS) is 10.4. The van der Waals surface area contributed by atoms with Gasteiger partial charge in [-0.2, -0.15) is 8.42 Å². The van der Waals surface area contributed by atoms with Crippen LogP contribution in [0, 0.1) is 0 Å². The summed E-state index contributed by atoms with van der Waals surface area (Å²) >= 11 is 0. The molecule has 110 valence electrons. The van der Waals surface area contributed by atoms with Crippen LogP contribution in [0.25, 0.3) is 0 Å². The van der Waals surface area contributed by atoms with Gasteiger partial charge in [0.2, 0.25) is 0 Å². The van der Waals surface area contributed by atoms with E-state index in [0.29, 0.717) is 0 Å². The number of ether oxygens (including phenoxy) is 2. The number of carbonyl (C=O) groups excluding carboxylic acids is 2. The molecule has 0 aliphatic heterocycles. The summed E-state index contributed by atoms with van der Waals surface area (Å²) in [4.78, 5) is 22.6. The third-order valence-corrected chi connectivity index (χ3v) is 3.06. The van der Waals surface area contributed by atoms with Gasteiger partial charge in [0, 0.05) is 0 Å². The minimum Gasteiger partial charge on any atom is -0.462 e. The van der Waals surface area contributed by atoms with E-state index in [2.05, 4.69) is 0 Å². The van der Waals surface area contributed by atoms with E-state index < -0.39 is 27.0 Å². The van der Waals surface area contributed by atoms with Crippen molar-refractivity contribution >= 4 is 22.1 Å². The minimum atomic E-state index is -4.56. The molecule has 1 aromatic carbocycles. The molecule has 0 saturated heterocycles. The molecule has 7 nitrogen and oxygen atoms in total. The van der Waals surface area contributed by atoms with Crippen LogP contribution >= 0.6 is 0 Å². The summed E-state index contributed by atoms with van der Waals surface area (Å²) in [6, 6.07) is 3.00. The van der Waals surface area contributed by atoms with Gasteiger partial charge in [-0.1, -0.05) is 0 Å². The molecular formula is C12H14KO7S+. The maximum atomic E-state index is 11.6. The molecule has 1 rings (SSSR count). The number of hydrogen-bond acceptors (Lipinski definition) is 6. The van der Waals surface area contributed by atoms with Gasteiger partial charge in [-0.05, 0) is 32.0 Å². The number of benzene rings is 1. The molecule has 1 N–H and O–H groups in total. The summed E-state index contributed by atoms with van der Waals surface area (Å²) < 4.78 is 40.8. The van der Waals surface area contributed by atoms with E-state index in [0.717, 1.165) is 18.2 Å². The van der Waals surface area contributed by atoms with Crippen LogP contribution in [0.5, 0.6) is 0 Å². The third kappa shape index (κ3) is 6.15. The molecule has 0 aliphatic carbocycles. The summed E-state index contributed by atoms with van der Waals surface area (Å²) in [6.45, 7) is 3.33. The van der Waals surface area contributed by atoms with E-state index in [1.165, 1.54) is 0 Å². The predicted molar refractivity (Wildman–Crippen MR) is 68.2 cm³/mol. The van der Waals surface area contributed by atoms with Crippen molar-refractivity contribution in [2.75, 3.05) is 13.2 Å². The quantitative estimate of drug-likeness (QED) is 0.386. The first kappa shape index (κ1) is 20.7. The first-order valence-electron chi connectivity index (χ1n) is 5.76. The summed E-state index contributed by atoms with van der Waals surface area (Å²) in [5.74, 6) is -1.60. The van der Waals surface area contributed by atoms with E-state index >= 15 is 0 Å². The fourth-order valence-corrected chi connectivity index (χ4v) is 1.96. The molecule has 0 amide bonds. The zero-order chi connectivity index (χ0) is 15.3. The van der Waals surface area contributed by atoms with Crippen LogP contribution in [-0.4, -0.2) is 38.1 Å². The Morgan fingerprint density at radius 1 is 1.00 bits per heavy atom. The fraction of sp³-hybridized carbons (Fsp3) is 0.333. The fourth-order valence-electron chi connectivity index (χ4n) is 1.41. The zero-order valence-electron chi connectivity index (χ0n) is 12.0. The second-order valence-electron chi connectivity index (χ2n) is 3.66. The Kier molecular flexibility index (Phi) is 8.86. The van der Waals surface area contributed by atoms with Crippen LogP contribution in [0.15, 0.2) is 23.1 Å². The third-order valence-electron chi connectivity index (χ3n) is 2.23. The van der Waals surface area contributed by atoms with Crippen molar-refractivity contribution in [1.82, 2.24) is 0 Å². The van der Waals surface area contributed by atoms with Crippen LogP contribution in [0.3, 0.4) is 0 Å². The average molecular weight is 341 g/mol. The SMILES string of the molecule is CCOC(=O)c1cc(C(=O)OCC)cc(S(=O)(=O)O)c1.[K+]. The molecule has 0 unspecified atom stereocenters. The molecule has 0 atom stereocenters. The summed E-state index contributed by atoms with van der Waals surface area (Å²) in [7, 11) is -4.56. The van der Waals surface area contributed by atoms with Crippen LogP contribution < -0.4 is 51.4 Å². The van der Waals surface area contributed by atoms with Crippen molar-refractivity contribution in [2.45, 2.75) is 18.7 Å². The van der Waals surface area contributed by atoms with Crippen LogP contribution in [0.4, 0.5) is 0 Å². The van der Waals surface area contributed by atoms with Crippen molar-refractivity contribution in [1.29, 1.82) is 0 Å². The molecule has 0 bridgehead atoms. The molecule has 21 heavy (non-hydrogen) atoms. The van der Waals surface area contributed by atoms with E-state index in [1.807, 2.05) is 0 Å². The van der Waals surface area contributed by atoms with Gasteiger partial charge in [-0.25, -0.2) is 9.59 Å². The molecule has 0 radical (unpaired) electrons. The molecule has 1 aromatic rings. The Morgan fingerprint density at radius 2 is 1.38 bits per heavy atom.